The highest BCUT2D eigenvalue weighted by Gasteiger charge is 2.16. The van der Waals surface area contributed by atoms with Crippen molar-refractivity contribution in [2.24, 2.45) is 11.8 Å². The van der Waals surface area contributed by atoms with Gasteiger partial charge in [0.05, 0.1) is 0 Å². The topological polar surface area (TPSA) is 0 Å². The Kier molecular flexibility index (Phi) is 5.66. The summed E-state index contributed by atoms with van der Waals surface area (Å²) in [5.41, 5.74) is 0. The van der Waals surface area contributed by atoms with Crippen LogP contribution in [0.15, 0.2) is 24.8 Å². The van der Waals surface area contributed by atoms with E-state index >= 15 is 0 Å². The van der Waals surface area contributed by atoms with E-state index in [-0.39, 0.29) is 0 Å². The van der Waals surface area contributed by atoms with E-state index in [1.54, 1.807) is 0 Å². The third-order valence-electron chi connectivity index (χ3n) is 3.28. The number of hydrogen-bond donors (Lipinski definition) is 0. The summed E-state index contributed by atoms with van der Waals surface area (Å²) in [6.45, 7) is 6.13. The average Bonchev–Trinajstić information content (AvgIpc) is 2.25. The Morgan fingerprint density at radius 2 is 1.79 bits per heavy atom. The minimum Gasteiger partial charge on any atom is -0.103 e. The summed E-state index contributed by atoms with van der Waals surface area (Å²) < 4.78 is 0. The smallest absolute Gasteiger partial charge is 0.0233 e. The van der Waals surface area contributed by atoms with Gasteiger partial charge in [-0.05, 0) is 43.9 Å². The quantitative estimate of drug-likeness (QED) is 0.436. The van der Waals surface area contributed by atoms with Gasteiger partial charge in [0.2, 0.25) is 0 Å². The molecule has 0 spiro atoms. The summed E-state index contributed by atoms with van der Waals surface area (Å²) in [6, 6.07) is 0. The number of allylic oxidation sites excluding steroid dienone is 3. The van der Waals surface area contributed by atoms with Crippen LogP contribution < -0.4 is 0 Å². The van der Waals surface area contributed by atoms with Crippen LogP contribution in [0.4, 0.5) is 0 Å². The van der Waals surface area contributed by atoms with E-state index in [0.29, 0.717) is 0 Å². The largest absolute Gasteiger partial charge is 0.103 e. The first kappa shape index (κ1) is 11.6. The molecule has 0 heterocycles. The molecule has 1 aliphatic carbocycles. The Labute approximate surface area is 89.1 Å². The molecule has 1 saturated carbocycles. The van der Waals surface area contributed by atoms with Gasteiger partial charge < -0.3 is 0 Å². The zero-order valence-corrected chi connectivity index (χ0v) is 9.54. The number of rotatable bonds is 5. The SMILES string of the molecule is C=CC1CCC(C=CCCCC)CC1. The van der Waals surface area contributed by atoms with Crippen LogP contribution in [0.5, 0.6) is 0 Å². The minimum absolute atomic E-state index is 0.801. The van der Waals surface area contributed by atoms with Crippen LogP contribution in [0, 0.1) is 11.8 Å². The fourth-order valence-corrected chi connectivity index (χ4v) is 2.18. The molecule has 1 rings (SSSR count). The summed E-state index contributed by atoms with van der Waals surface area (Å²) in [6.07, 6.45) is 16.4. The van der Waals surface area contributed by atoms with E-state index in [2.05, 4.69) is 31.7 Å². The van der Waals surface area contributed by atoms with Crippen molar-refractivity contribution < 1.29 is 0 Å². The maximum Gasteiger partial charge on any atom is -0.0233 e. The Hall–Kier alpha value is -0.520. The lowest BCUT2D eigenvalue weighted by molar-refractivity contribution is 0.356. The molecule has 0 heteroatoms. The molecule has 0 nitrogen and oxygen atoms in total. The predicted molar refractivity (Wildman–Crippen MR) is 64.3 cm³/mol. The van der Waals surface area contributed by atoms with E-state index in [4.69, 9.17) is 0 Å². The second-order valence-corrected chi connectivity index (χ2v) is 4.48. The van der Waals surface area contributed by atoms with Crippen molar-refractivity contribution in [2.45, 2.75) is 51.9 Å². The van der Waals surface area contributed by atoms with E-state index in [1.165, 1.54) is 44.9 Å². The molecule has 0 aromatic carbocycles. The van der Waals surface area contributed by atoms with Crippen molar-refractivity contribution in [3.8, 4) is 0 Å². The monoisotopic (exact) mass is 192 g/mol. The van der Waals surface area contributed by atoms with Crippen LogP contribution >= 0.6 is 0 Å². The van der Waals surface area contributed by atoms with Crippen molar-refractivity contribution >= 4 is 0 Å². The zero-order chi connectivity index (χ0) is 10.2. The van der Waals surface area contributed by atoms with Crippen molar-refractivity contribution in [3.05, 3.63) is 24.8 Å². The van der Waals surface area contributed by atoms with Gasteiger partial charge in [-0.15, -0.1) is 6.58 Å². The molecule has 0 amide bonds. The highest BCUT2D eigenvalue weighted by atomic mass is 14.2. The molecule has 14 heavy (non-hydrogen) atoms. The average molecular weight is 192 g/mol. The van der Waals surface area contributed by atoms with Crippen molar-refractivity contribution in [2.75, 3.05) is 0 Å². The van der Waals surface area contributed by atoms with E-state index in [9.17, 15) is 0 Å². The third kappa shape index (κ3) is 4.13. The van der Waals surface area contributed by atoms with Gasteiger partial charge in [-0.1, -0.05) is 38.0 Å². The van der Waals surface area contributed by atoms with E-state index in [0.717, 1.165) is 11.8 Å². The van der Waals surface area contributed by atoms with Crippen LogP contribution in [-0.4, -0.2) is 0 Å². The van der Waals surface area contributed by atoms with Crippen molar-refractivity contribution in [1.82, 2.24) is 0 Å². The maximum atomic E-state index is 3.88. The molecule has 1 aliphatic rings. The predicted octanol–water partition coefficient (Wildman–Crippen LogP) is 4.73. The van der Waals surface area contributed by atoms with Crippen LogP contribution in [0.1, 0.15) is 51.9 Å². The van der Waals surface area contributed by atoms with Gasteiger partial charge in [0.25, 0.3) is 0 Å². The lowest BCUT2D eigenvalue weighted by Crippen LogP contribution is -2.10. The van der Waals surface area contributed by atoms with Gasteiger partial charge in [-0.2, -0.15) is 0 Å². The zero-order valence-electron chi connectivity index (χ0n) is 9.54. The molecule has 0 radical (unpaired) electrons. The molecule has 1 fully saturated rings. The molecule has 0 bridgehead atoms. The summed E-state index contributed by atoms with van der Waals surface area (Å²) >= 11 is 0. The van der Waals surface area contributed by atoms with Gasteiger partial charge in [-0.25, -0.2) is 0 Å². The first-order valence-electron chi connectivity index (χ1n) is 6.16. The Morgan fingerprint density at radius 3 is 2.36 bits per heavy atom. The highest BCUT2D eigenvalue weighted by molar-refractivity contribution is 4.93. The van der Waals surface area contributed by atoms with Gasteiger partial charge in [0, 0.05) is 0 Å². The fourth-order valence-electron chi connectivity index (χ4n) is 2.18. The molecule has 0 aromatic rings. The first-order valence-corrected chi connectivity index (χ1v) is 6.16. The van der Waals surface area contributed by atoms with Crippen LogP contribution in [0.25, 0.3) is 0 Å². The van der Waals surface area contributed by atoms with Gasteiger partial charge in [-0.3, -0.25) is 0 Å². The van der Waals surface area contributed by atoms with Gasteiger partial charge >= 0.3 is 0 Å². The van der Waals surface area contributed by atoms with E-state index in [1.807, 2.05) is 0 Å². The van der Waals surface area contributed by atoms with Crippen LogP contribution in [0.2, 0.25) is 0 Å². The van der Waals surface area contributed by atoms with E-state index < -0.39 is 0 Å². The molecule has 0 unspecified atom stereocenters. The maximum absolute atomic E-state index is 3.88. The molecular weight excluding hydrogens is 168 g/mol. The molecular formula is C14H24. The normalized spacial score (nSPS) is 28.1. The second kappa shape index (κ2) is 6.86. The number of unbranched alkanes of at least 4 members (excludes halogenated alkanes) is 2. The molecule has 0 atom stereocenters. The van der Waals surface area contributed by atoms with Crippen LogP contribution in [0.3, 0.4) is 0 Å². The third-order valence-corrected chi connectivity index (χ3v) is 3.28. The number of hydrogen-bond acceptors (Lipinski definition) is 0. The lowest BCUT2D eigenvalue weighted by atomic mass is 9.82. The Balaban J connectivity index is 2.15. The highest BCUT2D eigenvalue weighted by Crippen LogP contribution is 2.30. The van der Waals surface area contributed by atoms with Gasteiger partial charge in [0.15, 0.2) is 0 Å². The molecule has 0 aliphatic heterocycles. The first-order chi connectivity index (χ1) is 6.86. The van der Waals surface area contributed by atoms with Crippen molar-refractivity contribution in [3.63, 3.8) is 0 Å². The second-order valence-electron chi connectivity index (χ2n) is 4.48. The standard InChI is InChI=1S/C14H24/c1-3-5-6-7-8-14-11-9-13(4-2)10-12-14/h4,7-8,13-14H,2-3,5-6,9-12H2,1H3. The summed E-state index contributed by atoms with van der Waals surface area (Å²) in [5.74, 6) is 1.67. The Morgan fingerprint density at radius 1 is 1.14 bits per heavy atom. The molecule has 0 aromatic heterocycles. The Bertz CT molecular complexity index is 170. The molecule has 0 N–H and O–H groups in total. The minimum atomic E-state index is 0.801. The lowest BCUT2D eigenvalue weighted by Gasteiger charge is -2.24. The molecule has 80 valence electrons. The summed E-state index contributed by atoms with van der Waals surface area (Å²) in [5, 5.41) is 0. The van der Waals surface area contributed by atoms with Crippen molar-refractivity contribution in [1.29, 1.82) is 0 Å². The molecule has 0 saturated heterocycles. The summed E-state index contributed by atoms with van der Waals surface area (Å²) in [4.78, 5) is 0. The fraction of sp³-hybridized carbons (Fsp3) is 0.714. The van der Waals surface area contributed by atoms with Gasteiger partial charge in [0.1, 0.15) is 0 Å². The van der Waals surface area contributed by atoms with Crippen LogP contribution in [-0.2, 0) is 0 Å². The summed E-state index contributed by atoms with van der Waals surface area (Å²) in [7, 11) is 0.